The first-order chi connectivity index (χ1) is 12.2. The van der Waals surface area contributed by atoms with Crippen LogP contribution in [0.1, 0.15) is 43.6 Å². The predicted molar refractivity (Wildman–Crippen MR) is 102 cm³/mol. The van der Waals surface area contributed by atoms with Crippen LogP contribution in [-0.4, -0.2) is 49.3 Å². The van der Waals surface area contributed by atoms with Crippen molar-refractivity contribution < 1.29 is 4.74 Å². The first-order valence-corrected chi connectivity index (χ1v) is 9.64. The molecule has 0 aromatic heterocycles. The Morgan fingerprint density at radius 1 is 0.960 bits per heavy atom. The molecule has 4 rings (SSSR count). The van der Waals surface area contributed by atoms with Gasteiger partial charge in [-0.1, -0.05) is 55.3 Å². The van der Waals surface area contributed by atoms with Crippen LogP contribution in [0.5, 0.6) is 0 Å². The highest BCUT2D eigenvalue weighted by Gasteiger charge is 2.46. The number of methoxy groups -OCH3 is 1. The first-order valence-electron chi connectivity index (χ1n) is 9.64. The Labute approximate surface area is 152 Å². The number of rotatable bonds is 3. The van der Waals surface area contributed by atoms with Gasteiger partial charge in [0.1, 0.15) is 5.76 Å². The van der Waals surface area contributed by atoms with Crippen molar-refractivity contribution in [1.82, 2.24) is 9.80 Å². The highest BCUT2D eigenvalue weighted by Crippen LogP contribution is 2.41. The summed E-state index contributed by atoms with van der Waals surface area (Å²) in [5, 5.41) is 0. The van der Waals surface area contributed by atoms with E-state index in [0.717, 1.165) is 12.2 Å². The lowest BCUT2D eigenvalue weighted by atomic mass is 9.88. The molecule has 3 heteroatoms. The van der Waals surface area contributed by atoms with E-state index in [9.17, 15) is 0 Å². The molecule has 134 valence electrons. The normalized spacial score (nSPS) is 33.6. The van der Waals surface area contributed by atoms with Gasteiger partial charge in [-0.15, -0.1) is 0 Å². The van der Waals surface area contributed by atoms with Crippen molar-refractivity contribution >= 4 is 0 Å². The summed E-state index contributed by atoms with van der Waals surface area (Å²) < 4.78 is 5.89. The van der Waals surface area contributed by atoms with Crippen molar-refractivity contribution in [1.29, 1.82) is 0 Å². The second-order valence-electron chi connectivity index (χ2n) is 7.79. The molecule has 0 spiro atoms. The highest BCUT2D eigenvalue weighted by atomic mass is 16.5. The molecule has 0 bridgehead atoms. The van der Waals surface area contributed by atoms with Crippen LogP contribution < -0.4 is 0 Å². The number of nitrogens with zero attached hydrogens (tertiary/aromatic N) is 2. The van der Waals surface area contributed by atoms with E-state index in [0.29, 0.717) is 24.2 Å². The Balaban J connectivity index is 1.61. The molecule has 1 heterocycles. The molecule has 1 saturated carbocycles. The Hall–Kier alpha value is -1.58. The Bertz CT molecular complexity index is 648. The largest absolute Gasteiger partial charge is 0.501 e. The number of hydrogen-bond acceptors (Lipinski definition) is 3. The van der Waals surface area contributed by atoms with E-state index in [1.54, 1.807) is 0 Å². The molecular weight excluding hydrogens is 308 g/mol. The predicted octanol–water partition coefficient (Wildman–Crippen LogP) is 4.15. The zero-order valence-electron chi connectivity index (χ0n) is 15.7. The summed E-state index contributed by atoms with van der Waals surface area (Å²) in [6, 6.07) is 12.1. The van der Waals surface area contributed by atoms with Crippen LogP contribution in [-0.2, 0) is 4.74 Å². The summed E-state index contributed by atoms with van der Waals surface area (Å²) in [6.07, 6.45) is 11.4. The fraction of sp³-hybridized carbons (Fsp3) is 0.545. The third-order valence-electron chi connectivity index (χ3n) is 6.50. The minimum absolute atomic E-state index is 0.344. The van der Waals surface area contributed by atoms with Gasteiger partial charge >= 0.3 is 0 Å². The SMILES string of the molecule is COC1=C(C2N(C)[C@@H]3CCCC[C@@H]3N2C)C=C[C@H](c2ccccc2)C1. The van der Waals surface area contributed by atoms with E-state index in [4.69, 9.17) is 4.74 Å². The molecule has 0 N–H and O–H groups in total. The first kappa shape index (κ1) is 16.9. The van der Waals surface area contributed by atoms with Gasteiger partial charge in [-0.3, -0.25) is 9.80 Å². The van der Waals surface area contributed by atoms with Crippen LogP contribution in [0, 0.1) is 0 Å². The van der Waals surface area contributed by atoms with E-state index >= 15 is 0 Å². The van der Waals surface area contributed by atoms with Crippen LogP contribution in [0.15, 0.2) is 53.8 Å². The monoisotopic (exact) mass is 338 g/mol. The minimum atomic E-state index is 0.344. The van der Waals surface area contributed by atoms with Gasteiger partial charge in [0, 0.05) is 30.0 Å². The molecule has 0 radical (unpaired) electrons. The van der Waals surface area contributed by atoms with E-state index in [1.807, 2.05) is 7.11 Å². The average molecular weight is 338 g/mol. The van der Waals surface area contributed by atoms with E-state index in [-0.39, 0.29) is 0 Å². The third kappa shape index (κ3) is 2.94. The lowest BCUT2D eigenvalue weighted by molar-refractivity contribution is 0.183. The zero-order chi connectivity index (χ0) is 17.4. The lowest BCUT2D eigenvalue weighted by Crippen LogP contribution is -2.39. The van der Waals surface area contributed by atoms with Gasteiger partial charge in [0.15, 0.2) is 0 Å². The molecule has 0 amide bonds. The molecule has 1 aliphatic heterocycles. The molecule has 3 nitrogen and oxygen atoms in total. The van der Waals surface area contributed by atoms with Gasteiger partial charge in [-0.2, -0.15) is 0 Å². The van der Waals surface area contributed by atoms with Gasteiger partial charge in [-0.25, -0.2) is 0 Å². The molecule has 2 fully saturated rings. The van der Waals surface area contributed by atoms with Crippen molar-refractivity contribution in [3.05, 3.63) is 59.4 Å². The van der Waals surface area contributed by atoms with Crippen LogP contribution in [0.4, 0.5) is 0 Å². The summed E-state index contributed by atoms with van der Waals surface area (Å²) >= 11 is 0. The molecule has 1 unspecified atom stereocenters. The molecule has 2 aliphatic carbocycles. The number of ether oxygens (including phenoxy) is 1. The number of allylic oxidation sites excluding steroid dienone is 2. The molecule has 1 saturated heterocycles. The zero-order valence-corrected chi connectivity index (χ0v) is 15.7. The van der Waals surface area contributed by atoms with Crippen molar-refractivity contribution in [2.75, 3.05) is 21.2 Å². The summed E-state index contributed by atoms with van der Waals surface area (Å²) in [6.45, 7) is 0. The van der Waals surface area contributed by atoms with Gasteiger partial charge in [-0.05, 0) is 32.5 Å². The van der Waals surface area contributed by atoms with Gasteiger partial charge in [0.25, 0.3) is 0 Å². The summed E-state index contributed by atoms with van der Waals surface area (Å²) in [5.41, 5.74) is 2.73. The number of likely N-dealkylation sites (N-methyl/N-ethyl adjacent to an activating group) is 2. The fourth-order valence-corrected chi connectivity index (χ4v) is 5.19. The maximum absolute atomic E-state index is 5.89. The number of hydrogen-bond donors (Lipinski definition) is 0. The van der Waals surface area contributed by atoms with Crippen LogP contribution in [0.2, 0.25) is 0 Å². The van der Waals surface area contributed by atoms with Gasteiger partial charge < -0.3 is 4.74 Å². The van der Waals surface area contributed by atoms with Crippen molar-refractivity contribution in [3.63, 3.8) is 0 Å². The number of fused-ring (bicyclic) bond motifs is 1. The Kier molecular flexibility index (Phi) is 4.70. The van der Waals surface area contributed by atoms with Gasteiger partial charge in [0.05, 0.1) is 13.3 Å². The standard InChI is InChI=1S/C22H30N2O/c1-23-19-11-7-8-12-20(19)24(2)22(23)18-14-13-17(15-21(18)25-3)16-9-5-4-6-10-16/h4-6,9-10,13-14,17,19-20,22H,7-8,11-12,15H2,1-3H3/t17-,19-,20+,22?/m0/s1. The smallest absolute Gasteiger partial charge is 0.103 e. The second-order valence-corrected chi connectivity index (χ2v) is 7.79. The van der Waals surface area contributed by atoms with E-state index in [1.165, 1.54) is 36.8 Å². The molecule has 1 aromatic carbocycles. The van der Waals surface area contributed by atoms with Crippen LogP contribution in [0.25, 0.3) is 0 Å². The van der Waals surface area contributed by atoms with Crippen LogP contribution >= 0.6 is 0 Å². The quantitative estimate of drug-likeness (QED) is 0.823. The van der Waals surface area contributed by atoms with Crippen molar-refractivity contribution in [2.24, 2.45) is 0 Å². The summed E-state index contributed by atoms with van der Waals surface area (Å²) in [5.74, 6) is 1.57. The maximum Gasteiger partial charge on any atom is 0.103 e. The molecule has 25 heavy (non-hydrogen) atoms. The fourth-order valence-electron chi connectivity index (χ4n) is 5.19. The van der Waals surface area contributed by atoms with Gasteiger partial charge in [0.2, 0.25) is 0 Å². The second kappa shape index (κ2) is 6.97. The van der Waals surface area contributed by atoms with E-state index < -0.39 is 0 Å². The third-order valence-corrected chi connectivity index (χ3v) is 6.50. The van der Waals surface area contributed by atoms with Crippen molar-refractivity contribution in [2.45, 2.75) is 56.3 Å². The lowest BCUT2D eigenvalue weighted by Gasteiger charge is -2.32. The number of benzene rings is 1. The van der Waals surface area contributed by atoms with E-state index in [2.05, 4.69) is 66.4 Å². The Morgan fingerprint density at radius 3 is 2.20 bits per heavy atom. The molecular formula is C22H30N2O. The average Bonchev–Trinajstić information content (AvgIpc) is 2.93. The maximum atomic E-state index is 5.89. The highest BCUT2D eigenvalue weighted by molar-refractivity contribution is 5.38. The molecule has 3 aliphatic rings. The minimum Gasteiger partial charge on any atom is -0.501 e. The molecule has 4 atom stereocenters. The van der Waals surface area contributed by atoms with Crippen LogP contribution in [0.3, 0.4) is 0 Å². The topological polar surface area (TPSA) is 15.7 Å². The Morgan fingerprint density at radius 2 is 1.60 bits per heavy atom. The molecule has 1 aromatic rings. The summed E-state index contributed by atoms with van der Waals surface area (Å²) in [4.78, 5) is 5.18. The summed E-state index contributed by atoms with van der Waals surface area (Å²) in [7, 11) is 6.43. The van der Waals surface area contributed by atoms with Crippen molar-refractivity contribution in [3.8, 4) is 0 Å².